The molecule has 0 heterocycles. The lowest BCUT2D eigenvalue weighted by Gasteiger charge is -2.08. The van der Waals surface area contributed by atoms with Crippen LogP contribution in [0.5, 0.6) is 0 Å². The maximum absolute atomic E-state index is 12.3. The number of nitro benzene ring substituents is 1. The van der Waals surface area contributed by atoms with Crippen LogP contribution in [0.4, 0.5) is 18.9 Å². The molecule has 0 bridgehead atoms. The fourth-order valence-corrected chi connectivity index (χ4v) is 1.14. The van der Waals surface area contributed by atoms with Crippen molar-refractivity contribution < 1.29 is 23.3 Å². The molecule has 2 N–H and O–H groups in total. The van der Waals surface area contributed by atoms with Crippen LogP contribution in [0.1, 0.15) is 11.1 Å². The second-order valence-corrected chi connectivity index (χ2v) is 2.93. The number of benzene rings is 1. The summed E-state index contributed by atoms with van der Waals surface area (Å²) in [5.41, 5.74) is -0.156. The van der Waals surface area contributed by atoms with Gasteiger partial charge in [0.1, 0.15) is 0 Å². The minimum Gasteiger partial charge on any atom is -0.316 e. The van der Waals surface area contributed by atoms with Gasteiger partial charge in [0.2, 0.25) is 0 Å². The number of alkyl halides is 3. The molecule has 16 heavy (non-hydrogen) atoms. The molecule has 0 spiro atoms. The average Bonchev–Trinajstić information content (AvgIpc) is 2.16. The van der Waals surface area contributed by atoms with Gasteiger partial charge in [0.15, 0.2) is 0 Å². The van der Waals surface area contributed by atoms with Crippen LogP contribution in [-0.4, -0.2) is 10.1 Å². The fourth-order valence-electron chi connectivity index (χ4n) is 1.14. The van der Waals surface area contributed by atoms with Crippen molar-refractivity contribution in [1.29, 1.82) is 0 Å². The summed E-state index contributed by atoms with van der Waals surface area (Å²) in [6.45, 7) is -0.297. The first kappa shape index (κ1) is 12.4. The molecule has 1 aromatic carbocycles. The summed E-state index contributed by atoms with van der Waals surface area (Å²) >= 11 is 0. The molecule has 88 valence electrons. The van der Waals surface area contributed by atoms with E-state index in [9.17, 15) is 23.3 Å². The first-order valence-electron chi connectivity index (χ1n) is 4.07. The zero-order valence-corrected chi connectivity index (χ0v) is 7.78. The molecule has 0 unspecified atom stereocenters. The number of nitrogens with zero attached hydrogens (tertiary/aromatic N) is 1. The highest BCUT2D eigenvalue weighted by Gasteiger charge is 2.32. The van der Waals surface area contributed by atoms with Crippen LogP contribution < -0.4 is 5.48 Å². The van der Waals surface area contributed by atoms with E-state index in [1.165, 1.54) is 0 Å². The molecule has 0 aromatic heterocycles. The zero-order valence-electron chi connectivity index (χ0n) is 7.78. The molecule has 0 saturated heterocycles. The maximum atomic E-state index is 12.3. The van der Waals surface area contributed by atoms with Crippen molar-refractivity contribution >= 4 is 5.69 Å². The van der Waals surface area contributed by atoms with E-state index in [4.69, 9.17) is 5.21 Å². The Labute approximate surface area is 87.6 Å². The highest BCUT2D eigenvalue weighted by Crippen LogP contribution is 2.32. The predicted molar refractivity (Wildman–Crippen MR) is 46.7 cm³/mol. The van der Waals surface area contributed by atoms with E-state index in [-0.39, 0.29) is 12.1 Å². The summed E-state index contributed by atoms with van der Waals surface area (Å²) in [7, 11) is 0. The lowest BCUT2D eigenvalue weighted by molar-refractivity contribution is -0.385. The summed E-state index contributed by atoms with van der Waals surface area (Å²) in [6, 6.07) is 2.11. The Kier molecular flexibility index (Phi) is 3.45. The third-order valence-corrected chi connectivity index (χ3v) is 1.88. The van der Waals surface area contributed by atoms with E-state index in [0.717, 1.165) is 12.1 Å². The molecule has 0 radical (unpaired) electrons. The SMILES string of the molecule is O=[N+]([O-])c1cc(C(F)(F)F)ccc1CNO. The van der Waals surface area contributed by atoms with Crippen LogP contribution >= 0.6 is 0 Å². The van der Waals surface area contributed by atoms with Crippen LogP contribution in [0, 0.1) is 10.1 Å². The van der Waals surface area contributed by atoms with E-state index in [2.05, 4.69) is 0 Å². The third-order valence-electron chi connectivity index (χ3n) is 1.88. The highest BCUT2D eigenvalue weighted by molar-refractivity contribution is 5.44. The Morgan fingerprint density at radius 1 is 1.44 bits per heavy atom. The van der Waals surface area contributed by atoms with E-state index >= 15 is 0 Å². The normalized spacial score (nSPS) is 11.5. The second kappa shape index (κ2) is 4.45. The molecule has 0 amide bonds. The lowest BCUT2D eigenvalue weighted by atomic mass is 10.1. The third kappa shape index (κ3) is 2.67. The molecule has 0 aliphatic rings. The van der Waals surface area contributed by atoms with Crippen molar-refractivity contribution in [3.05, 3.63) is 39.4 Å². The number of nitrogens with one attached hydrogen (secondary N) is 1. The standard InChI is InChI=1S/C8H7F3N2O3/c9-8(10,11)6-2-1-5(4-12-14)7(3-6)13(15)16/h1-3,12,14H,4H2. The Hall–Kier alpha value is -1.67. The monoisotopic (exact) mass is 236 g/mol. The number of hydrogen-bond donors (Lipinski definition) is 2. The Balaban J connectivity index is 3.23. The van der Waals surface area contributed by atoms with Gasteiger partial charge in [0.25, 0.3) is 5.69 Å². The first-order chi connectivity index (χ1) is 7.36. The quantitative estimate of drug-likeness (QED) is 0.622. The maximum Gasteiger partial charge on any atom is 0.416 e. The Morgan fingerprint density at radius 2 is 2.06 bits per heavy atom. The Bertz CT molecular complexity index is 406. The smallest absolute Gasteiger partial charge is 0.316 e. The summed E-state index contributed by atoms with van der Waals surface area (Å²) in [4.78, 5) is 9.58. The zero-order chi connectivity index (χ0) is 12.3. The summed E-state index contributed by atoms with van der Waals surface area (Å²) < 4.78 is 36.8. The van der Waals surface area contributed by atoms with Gasteiger partial charge in [-0.3, -0.25) is 10.1 Å². The van der Waals surface area contributed by atoms with Gasteiger partial charge in [-0.05, 0) is 6.07 Å². The summed E-state index contributed by atoms with van der Waals surface area (Å²) in [5, 5.41) is 18.9. The molecule has 0 atom stereocenters. The van der Waals surface area contributed by atoms with Gasteiger partial charge in [0, 0.05) is 11.6 Å². The number of rotatable bonds is 3. The van der Waals surface area contributed by atoms with Crippen LogP contribution in [0.3, 0.4) is 0 Å². The fraction of sp³-hybridized carbons (Fsp3) is 0.250. The topological polar surface area (TPSA) is 75.4 Å². The van der Waals surface area contributed by atoms with Gasteiger partial charge >= 0.3 is 6.18 Å². The number of hydroxylamine groups is 1. The van der Waals surface area contributed by atoms with E-state index < -0.39 is 22.4 Å². The van der Waals surface area contributed by atoms with Gasteiger partial charge in [0.05, 0.1) is 17.0 Å². The molecule has 0 aliphatic carbocycles. The Morgan fingerprint density at radius 3 is 2.50 bits per heavy atom. The lowest BCUT2D eigenvalue weighted by Crippen LogP contribution is -2.11. The van der Waals surface area contributed by atoms with E-state index in [1.54, 1.807) is 5.48 Å². The van der Waals surface area contributed by atoms with Crippen molar-refractivity contribution in [3.63, 3.8) is 0 Å². The molecule has 1 aromatic rings. The van der Waals surface area contributed by atoms with Crippen LogP contribution in [0.2, 0.25) is 0 Å². The second-order valence-electron chi connectivity index (χ2n) is 2.93. The molecule has 8 heteroatoms. The van der Waals surface area contributed by atoms with Crippen LogP contribution in [-0.2, 0) is 12.7 Å². The minimum atomic E-state index is -4.63. The van der Waals surface area contributed by atoms with Crippen molar-refractivity contribution in [3.8, 4) is 0 Å². The van der Waals surface area contributed by atoms with Crippen molar-refractivity contribution in [2.45, 2.75) is 12.7 Å². The van der Waals surface area contributed by atoms with Crippen LogP contribution in [0.15, 0.2) is 18.2 Å². The molecule has 0 aliphatic heterocycles. The van der Waals surface area contributed by atoms with Gasteiger partial charge in [-0.25, -0.2) is 5.48 Å². The van der Waals surface area contributed by atoms with Crippen molar-refractivity contribution in [1.82, 2.24) is 5.48 Å². The van der Waals surface area contributed by atoms with E-state index in [0.29, 0.717) is 6.07 Å². The average molecular weight is 236 g/mol. The molecule has 0 saturated carbocycles. The molecular formula is C8H7F3N2O3. The molecular weight excluding hydrogens is 229 g/mol. The molecule has 5 nitrogen and oxygen atoms in total. The molecule has 1 rings (SSSR count). The van der Waals surface area contributed by atoms with Crippen molar-refractivity contribution in [2.24, 2.45) is 0 Å². The largest absolute Gasteiger partial charge is 0.416 e. The first-order valence-corrected chi connectivity index (χ1v) is 4.07. The van der Waals surface area contributed by atoms with E-state index in [1.807, 2.05) is 0 Å². The predicted octanol–water partition coefficient (Wildman–Crippen LogP) is 2.09. The number of halogens is 3. The number of nitro groups is 1. The van der Waals surface area contributed by atoms with Gasteiger partial charge in [-0.1, -0.05) is 6.07 Å². The summed E-state index contributed by atoms with van der Waals surface area (Å²) in [5.74, 6) is 0. The minimum absolute atomic E-state index is 0.0273. The highest BCUT2D eigenvalue weighted by atomic mass is 19.4. The summed E-state index contributed by atoms with van der Waals surface area (Å²) in [6.07, 6.45) is -4.63. The van der Waals surface area contributed by atoms with Crippen molar-refractivity contribution in [2.75, 3.05) is 0 Å². The van der Waals surface area contributed by atoms with Gasteiger partial charge in [-0.15, -0.1) is 0 Å². The molecule has 0 fully saturated rings. The van der Waals surface area contributed by atoms with Gasteiger partial charge < -0.3 is 5.21 Å². The van der Waals surface area contributed by atoms with Gasteiger partial charge in [-0.2, -0.15) is 13.2 Å². The number of hydrogen-bond acceptors (Lipinski definition) is 4. The van der Waals surface area contributed by atoms with Crippen LogP contribution in [0.25, 0.3) is 0 Å².